The first kappa shape index (κ1) is 17.0. The summed E-state index contributed by atoms with van der Waals surface area (Å²) < 4.78 is 6.72. The molecule has 0 aromatic heterocycles. The van der Waals surface area contributed by atoms with E-state index in [4.69, 9.17) is 4.74 Å². The molecule has 3 aromatic rings. The Morgan fingerprint density at radius 3 is 2.28 bits per heavy atom. The third kappa shape index (κ3) is 4.59. The van der Waals surface area contributed by atoms with Crippen LogP contribution < -0.4 is 4.74 Å². The van der Waals surface area contributed by atoms with E-state index in [2.05, 4.69) is 22.0 Å². The standard InChI is InChI=1S/C22H16BrNO/c23-21-14-18(13-20(15-24)19-9-5-2-6-10-19)11-12-22(21)25-16-17-7-3-1-4-8-17/h1-14H,16H2/b20-13-. The SMILES string of the molecule is N#C/C(=C/c1ccc(OCc2ccccc2)c(Br)c1)c1ccccc1. The minimum Gasteiger partial charge on any atom is -0.488 e. The predicted octanol–water partition coefficient (Wildman–Crippen LogP) is 6.09. The molecule has 0 saturated heterocycles. The highest BCUT2D eigenvalue weighted by molar-refractivity contribution is 9.10. The van der Waals surface area contributed by atoms with Crippen LogP contribution in [0.1, 0.15) is 16.7 Å². The fourth-order valence-corrected chi connectivity index (χ4v) is 2.93. The number of halogens is 1. The van der Waals surface area contributed by atoms with Gasteiger partial charge in [-0.15, -0.1) is 0 Å². The van der Waals surface area contributed by atoms with Gasteiger partial charge in [-0.2, -0.15) is 5.26 Å². The molecular formula is C22H16BrNO. The van der Waals surface area contributed by atoms with Gasteiger partial charge in [0.1, 0.15) is 12.4 Å². The third-order valence-electron chi connectivity index (χ3n) is 3.71. The summed E-state index contributed by atoms with van der Waals surface area (Å²) in [6.45, 7) is 0.516. The van der Waals surface area contributed by atoms with E-state index in [1.165, 1.54) is 0 Å². The number of hydrogen-bond donors (Lipinski definition) is 0. The Labute approximate surface area is 156 Å². The highest BCUT2D eigenvalue weighted by atomic mass is 79.9. The molecule has 0 N–H and O–H groups in total. The zero-order chi connectivity index (χ0) is 17.5. The molecule has 0 heterocycles. The average molecular weight is 390 g/mol. The lowest BCUT2D eigenvalue weighted by molar-refractivity contribution is 0.304. The predicted molar refractivity (Wildman–Crippen MR) is 105 cm³/mol. The Morgan fingerprint density at radius 2 is 1.64 bits per heavy atom. The molecule has 0 bridgehead atoms. The summed E-state index contributed by atoms with van der Waals surface area (Å²) in [5.74, 6) is 0.777. The van der Waals surface area contributed by atoms with Crippen molar-refractivity contribution in [1.29, 1.82) is 5.26 Å². The summed E-state index contributed by atoms with van der Waals surface area (Å²) in [7, 11) is 0. The first-order valence-corrected chi connectivity index (χ1v) is 8.69. The van der Waals surface area contributed by atoms with E-state index in [1.807, 2.05) is 84.9 Å². The molecule has 3 rings (SSSR count). The van der Waals surface area contributed by atoms with Crippen molar-refractivity contribution in [2.45, 2.75) is 6.61 Å². The Morgan fingerprint density at radius 1 is 0.960 bits per heavy atom. The van der Waals surface area contributed by atoms with Gasteiger partial charge in [0, 0.05) is 0 Å². The van der Waals surface area contributed by atoms with Crippen LogP contribution in [0, 0.1) is 11.3 Å². The largest absolute Gasteiger partial charge is 0.488 e. The second-order valence-corrected chi connectivity index (χ2v) is 6.35. The van der Waals surface area contributed by atoms with Crippen LogP contribution in [0.3, 0.4) is 0 Å². The molecule has 122 valence electrons. The zero-order valence-corrected chi connectivity index (χ0v) is 15.1. The number of hydrogen-bond acceptors (Lipinski definition) is 2. The number of rotatable bonds is 5. The van der Waals surface area contributed by atoms with Crippen molar-refractivity contribution >= 4 is 27.6 Å². The molecule has 0 fully saturated rings. The molecule has 0 aliphatic carbocycles. The van der Waals surface area contributed by atoms with Crippen LogP contribution in [0.2, 0.25) is 0 Å². The number of nitrogens with zero attached hydrogens (tertiary/aromatic N) is 1. The van der Waals surface area contributed by atoms with Gasteiger partial charge >= 0.3 is 0 Å². The topological polar surface area (TPSA) is 33.0 Å². The van der Waals surface area contributed by atoms with E-state index >= 15 is 0 Å². The van der Waals surface area contributed by atoms with Gasteiger partial charge in [-0.1, -0.05) is 66.7 Å². The van der Waals surface area contributed by atoms with Crippen LogP contribution >= 0.6 is 15.9 Å². The molecule has 0 radical (unpaired) electrons. The van der Waals surface area contributed by atoms with Crippen LogP contribution in [0.5, 0.6) is 5.75 Å². The lowest BCUT2D eigenvalue weighted by Gasteiger charge is -2.09. The second kappa shape index (κ2) is 8.32. The normalized spacial score (nSPS) is 11.0. The maximum absolute atomic E-state index is 9.42. The summed E-state index contributed by atoms with van der Waals surface area (Å²) in [6, 6.07) is 27.8. The summed E-state index contributed by atoms with van der Waals surface area (Å²) in [6.07, 6.45) is 1.88. The van der Waals surface area contributed by atoms with Crippen LogP contribution in [0.4, 0.5) is 0 Å². The molecular weight excluding hydrogens is 374 g/mol. The number of nitriles is 1. The quantitative estimate of drug-likeness (QED) is 0.390. The first-order chi connectivity index (χ1) is 12.3. The van der Waals surface area contributed by atoms with E-state index in [9.17, 15) is 5.26 Å². The molecule has 0 atom stereocenters. The van der Waals surface area contributed by atoms with E-state index in [0.717, 1.165) is 26.9 Å². The Bertz CT molecular complexity index is 912. The van der Waals surface area contributed by atoms with Gasteiger partial charge in [-0.05, 0) is 50.8 Å². The maximum Gasteiger partial charge on any atom is 0.134 e. The third-order valence-corrected chi connectivity index (χ3v) is 4.33. The molecule has 0 saturated carbocycles. The molecule has 0 aliphatic rings. The Balaban J connectivity index is 1.77. The average Bonchev–Trinajstić information content (AvgIpc) is 2.67. The molecule has 25 heavy (non-hydrogen) atoms. The molecule has 0 unspecified atom stereocenters. The van der Waals surface area contributed by atoms with E-state index < -0.39 is 0 Å². The molecule has 3 heteroatoms. The lowest BCUT2D eigenvalue weighted by atomic mass is 10.0. The minimum absolute atomic E-state index is 0.516. The number of ether oxygens (including phenoxy) is 1. The van der Waals surface area contributed by atoms with Crippen molar-refractivity contribution in [2.75, 3.05) is 0 Å². The molecule has 3 aromatic carbocycles. The van der Waals surface area contributed by atoms with Crippen molar-refractivity contribution in [3.8, 4) is 11.8 Å². The van der Waals surface area contributed by atoms with Gasteiger partial charge in [0.15, 0.2) is 0 Å². The van der Waals surface area contributed by atoms with Gasteiger partial charge < -0.3 is 4.74 Å². The van der Waals surface area contributed by atoms with Crippen molar-refractivity contribution in [3.05, 3.63) is 100 Å². The van der Waals surface area contributed by atoms with E-state index in [-0.39, 0.29) is 0 Å². The van der Waals surface area contributed by atoms with Crippen molar-refractivity contribution in [3.63, 3.8) is 0 Å². The van der Waals surface area contributed by atoms with Crippen molar-refractivity contribution in [1.82, 2.24) is 0 Å². The summed E-state index contributed by atoms with van der Waals surface area (Å²) in [5.41, 5.74) is 3.60. The van der Waals surface area contributed by atoms with Gasteiger partial charge in [0.2, 0.25) is 0 Å². The highest BCUT2D eigenvalue weighted by Crippen LogP contribution is 2.28. The fourth-order valence-electron chi connectivity index (χ4n) is 2.42. The second-order valence-electron chi connectivity index (χ2n) is 5.50. The minimum atomic E-state index is 0.516. The zero-order valence-electron chi connectivity index (χ0n) is 13.5. The Hall–Kier alpha value is -2.83. The maximum atomic E-state index is 9.42. The van der Waals surface area contributed by atoms with Gasteiger partial charge in [0.05, 0.1) is 16.1 Å². The molecule has 2 nitrogen and oxygen atoms in total. The Kier molecular flexibility index (Phi) is 5.66. The van der Waals surface area contributed by atoms with Crippen LogP contribution in [-0.2, 0) is 6.61 Å². The lowest BCUT2D eigenvalue weighted by Crippen LogP contribution is -1.95. The summed E-state index contributed by atoms with van der Waals surface area (Å²) in [5, 5.41) is 9.42. The number of allylic oxidation sites excluding steroid dienone is 1. The van der Waals surface area contributed by atoms with Crippen LogP contribution in [0.25, 0.3) is 11.6 Å². The molecule has 0 spiro atoms. The number of benzene rings is 3. The fraction of sp³-hybridized carbons (Fsp3) is 0.0455. The van der Waals surface area contributed by atoms with Gasteiger partial charge in [-0.3, -0.25) is 0 Å². The van der Waals surface area contributed by atoms with E-state index in [1.54, 1.807) is 0 Å². The van der Waals surface area contributed by atoms with E-state index in [0.29, 0.717) is 12.2 Å². The van der Waals surface area contributed by atoms with Gasteiger partial charge in [0.25, 0.3) is 0 Å². The van der Waals surface area contributed by atoms with Gasteiger partial charge in [-0.25, -0.2) is 0 Å². The molecule has 0 amide bonds. The van der Waals surface area contributed by atoms with Crippen molar-refractivity contribution in [2.24, 2.45) is 0 Å². The summed E-state index contributed by atoms with van der Waals surface area (Å²) >= 11 is 3.55. The van der Waals surface area contributed by atoms with Crippen LogP contribution in [0.15, 0.2) is 83.3 Å². The summed E-state index contributed by atoms with van der Waals surface area (Å²) in [4.78, 5) is 0. The van der Waals surface area contributed by atoms with Crippen molar-refractivity contribution < 1.29 is 4.74 Å². The highest BCUT2D eigenvalue weighted by Gasteiger charge is 2.05. The smallest absolute Gasteiger partial charge is 0.134 e. The van der Waals surface area contributed by atoms with Crippen LogP contribution in [-0.4, -0.2) is 0 Å². The first-order valence-electron chi connectivity index (χ1n) is 7.90. The monoisotopic (exact) mass is 389 g/mol. The molecule has 0 aliphatic heterocycles.